The highest BCUT2D eigenvalue weighted by Crippen LogP contribution is 2.64. The Morgan fingerprint density at radius 3 is 2.30 bits per heavy atom. The van der Waals surface area contributed by atoms with Crippen molar-refractivity contribution in [1.29, 1.82) is 0 Å². The predicted octanol–water partition coefficient (Wildman–Crippen LogP) is 4.40. The van der Waals surface area contributed by atoms with Crippen molar-refractivity contribution < 1.29 is 9.47 Å². The van der Waals surface area contributed by atoms with Crippen LogP contribution in [0, 0.1) is 28.6 Å². The van der Waals surface area contributed by atoms with E-state index in [1.165, 1.54) is 12.8 Å². The maximum Gasteiger partial charge on any atom is 0.169 e. The minimum atomic E-state index is -0.301. The first-order chi connectivity index (χ1) is 9.36. The standard InChI is InChI=1S/C18H30O2/c1-6-16(4)13(2)7-8-17(5)14(3)11-18(12-15(16)17)19-9-10-20-18/h6,13-15H,1,7-12H2,2-5H3/t13-,14-,15-,16+,17-/m1/s1. The molecule has 0 amide bonds. The Labute approximate surface area is 123 Å². The highest BCUT2D eigenvalue weighted by Gasteiger charge is 2.60. The number of hydrogen-bond donors (Lipinski definition) is 0. The topological polar surface area (TPSA) is 18.5 Å². The van der Waals surface area contributed by atoms with E-state index in [1.807, 2.05) is 0 Å². The van der Waals surface area contributed by atoms with Gasteiger partial charge < -0.3 is 9.47 Å². The molecule has 2 aliphatic carbocycles. The minimum Gasteiger partial charge on any atom is -0.348 e. The number of rotatable bonds is 1. The van der Waals surface area contributed by atoms with Gasteiger partial charge in [0.2, 0.25) is 0 Å². The quantitative estimate of drug-likeness (QED) is 0.662. The molecule has 114 valence electrons. The van der Waals surface area contributed by atoms with Crippen LogP contribution in [-0.4, -0.2) is 19.0 Å². The van der Waals surface area contributed by atoms with E-state index in [0.717, 1.165) is 26.1 Å². The number of fused-ring (bicyclic) bond motifs is 1. The molecule has 2 nitrogen and oxygen atoms in total. The minimum absolute atomic E-state index is 0.198. The molecule has 0 radical (unpaired) electrons. The van der Waals surface area contributed by atoms with Gasteiger partial charge in [0, 0.05) is 12.8 Å². The number of hydrogen-bond acceptors (Lipinski definition) is 2. The first-order valence-corrected chi connectivity index (χ1v) is 8.28. The Hall–Kier alpha value is -0.340. The second kappa shape index (κ2) is 4.58. The Morgan fingerprint density at radius 1 is 1.05 bits per heavy atom. The van der Waals surface area contributed by atoms with Crippen molar-refractivity contribution in [1.82, 2.24) is 0 Å². The fourth-order valence-electron chi connectivity index (χ4n) is 5.28. The van der Waals surface area contributed by atoms with Gasteiger partial charge in [-0.3, -0.25) is 0 Å². The second-order valence-corrected chi connectivity index (χ2v) is 7.99. The summed E-state index contributed by atoms with van der Waals surface area (Å²) in [6.07, 6.45) is 6.97. The van der Waals surface area contributed by atoms with Crippen LogP contribution in [0.2, 0.25) is 0 Å². The zero-order chi connectivity index (χ0) is 14.6. The predicted molar refractivity (Wildman–Crippen MR) is 81.3 cm³/mol. The average molecular weight is 278 g/mol. The molecule has 0 N–H and O–H groups in total. The lowest BCUT2D eigenvalue weighted by Gasteiger charge is -2.61. The molecule has 3 rings (SSSR count). The van der Waals surface area contributed by atoms with Gasteiger partial charge in [-0.05, 0) is 41.4 Å². The van der Waals surface area contributed by atoms with Crippen LogP contribution >= 0.6 is 0 Å². The summed E-state index contributed by atoms with van der Waals surface area (Å²) in [5, 5.41) is 0. The van der Waals surface area contributed by atoms with Crippen molar-refractivity contribution in [3.8, 4) is 0 Å². The van der Waals surface area contributed by atoms with Gasteiger partial charge in [-0.25, -0.2) is 0 Å². The van der Waals surface area contributed by atoms with Crippen molar-refractivity contribution in [2.75, 3.05) is 13.2 Å². The van der Waals surface area contributed by atoms with Crippen LogP contribution in [0.15, 0.2) is 12.7 Å². The maximum absolute atomic E-state index is 6.06. The van der Waals surface area contributed by atoms with Crippen molar-refractivity contribution in [2.24, 2.45) is 28.6 Å². The lowest BCUT2D eigenvalue weighted by atomic mass is 9.45. The smallest absolute Gasteiger partial charge is 0.169 e. The molecule has 0 aromatic carbocycles. The lowest BCUT2D eigenvalue weighted by molar-refractivity contribution is -0.244. The van der Waals surface area contributed by atoms with Gasteiger partial charge in [0.25, 0.3) is 0 Å². The van der Waals surface area contributed by atoms with Gasteiger partial charge >= 0.3 is 0 Å². The molecular formula is C18H30O2. The summed E-state index contributed by atoms with van der Waals surface area (Å²) < 4.78 is 12.1. The fourth-order valence-corrected chi connectivity index (χ4v) is 5.28. The molecule has 0 aromatic rings. The molecule has 0 bridgehead atoms. The third-order valence-corrected chi connectivity index (χ3v) is 7.24. The van der Waals surface area contributed by atoms with Gasteiger partial charge in [-0.2, -0.15) is 0 Å². The van der Waals surface area contributed by atoms with E-state index in [9.17, 15) is 0 Å². The summed E-state index contributed by atoms with van der Waals surface area (Å²) in [6, 6.07) is 0. The molecule has 1 spiro atoms. The molecule has 1 aliphatic heterocycles. The van der Waals surface area contributed by atoms with E-state index in [-0.39, 0.29) is 11.2 Å². The summed E-state index contributed by atoms with van der Waals surface area (Å²) in [5.74, 6) is 1.65. The summed E-state index contributed by atoms with van der Waals surface area (Å²) in [4.78, 5) is 0. The van der Waals surface area contributed by atoms with Gasteiger partial charge in [0.05, 0.1) is 13.2 Å². The van der Waals surface area contributed by atoms with Gasteiger partial charge in [-0.15, -0.1) is 6.58 Å². The summed E-state index contributed by atoms with van der Waals surface area (Å²) >= 11 is 0. The van der Waals surface area contributed by atoms with E-state index in [0.29, 0.717) is 23.2 Å². The van der Waals surface area contributed by atoms with Gasteiger partial charge in [-0.1, -0.05) is 33.8 Å². The molecular weight excluding hydrogens is 248 g/mol. The number of allylic oxidation sites excluding steroid dienone is 1. The monoisotopic (exact) mass is 278 g/mol. The van der Waals surface area contributed by atoms with Crippen LogP contribution in [0.1, 0.15) is 53.4 Å². The molecule has 1 saturated heterocycles. The second-order valence-electron chi connectivity index (χ2n) is 7.99. The van der Waals surface area contributed by atoms with Crippen LogP contribution < -0.4 is 0 Å². The van der Waals surface area contributed by atoms with Crippen LogP contribution in [0.4, 0.5) is 0 Å². The largest absolute Gasteiger partial charge is 0.348 e. The van der Waals surface area contributed by atoms with Crippen molar-refractivity contribution >= 4 is 0 Å². The molecule has 2 heteroatoms. The molecule has 3 aliphatic rings. The zero-order valence-corrected chi connectivity index (χ0v) is 13.6. The molecule has 2 saturated carbocycles. The molecule has 1 heterocycles. The van der Waals surface area contributed by atoms with Crippen LogP contribution in [-0.2, 0) is 9.47 Å². The molecule has 5 atom stereocenters. The summed E-state index contributed by atoms with van der Waals surface area (Å²) in [7, 11) is 0. The molecule has 20 heavy (non-hydrogen) atoms. The molecule has 3 fully saturated rings. The van der Waals surface area contributed by atoms with Crippen LogP contribution in [0.25, 0.3) is 0 Å². The first-order valence-electron chi connectivity index (χ1n) is 8.28. The first kappa shape index (κ1) is 14.6. The van der Waals surface area contributed by atoms with Gasteiger partial charge in [0.1, 0.15) is 0 Å². The van der Waals surface area contributed by atoms with E-state index in [2.05, 4.69) is 40.3 Å². The Kier molecular flexibility index (Phi) is 3.34. The Balaban J connectivity index is 1.99. The Bertz CT molecular complexity index is 398. The Morgan fingerprint density at radius 2 is 1.70 bits per heavy atom. The highest BCUT2D eigenvalue weighted by atomic mass is 16.7. The average Bonchev–Trinajstić information content (AvgIpc) is 2.86. The highest BCUT2D eigenvalue weighted by molar-refractivity contribution is 5.12. The van der Waals surface area contributed by atoms with Crippen LogP contribution in [0.3, 0.4) is 0 Å². The van der Waals surface area contributed by atoms with Crippen LogP contribution in [0.5, 0.6) is 0 Å². The normalized spacial score (nSPS) is 50.9. The SMILES string of the molecule is C=C[C@@]1(C)[C@H](C)CC[C@]2(C)[C@H](C)CC3(C[C@H]12)OCCO3. The fraction of sp³-hybridized carbons (Fsp3) is 0.889. The van der Waals surface area contributed by atoms with E-state index in [4.69, 9.17) is 9.47 Å². The lowest BCUT2D eigenvalue weighted by Crippen LogP contribution is -2.57. The maximum atomic E-state index is 6.06. The molecule has 0 unspecified atom stereocenters. The van der Waals surface area contributed by atoms with E-state index >= 15 is 0 Å². The third kappa shape index (κ3) is 1.84. The number of ether oxygens (including phenoxy) is 2. The van der Waals surface area contributed by atoms with Gasteiger partial charge in [0.15, 0.2) is 5.79 Å². The third-order valence-electron chi connectivity index (χ3n) is 7.24. The summed E-state index contributed by atoms with van der Waals surface area (Å²) in [5.41, 5.74) is 0.597. The van der Waals surface area contributed by atoms with Crippen molar-refractivity contribution in [3.05, 3.63) is 12.7 Å². The van der Waals surface area contributed by atoms with Crippen molar-refractivity contribution in [3.63, 3.8) is 0 Å². The summed E-state index contributed by atoms with van der Waals surface area (Å²) in [6.45, 7) is 15.4. The van der Waals surface area contributed by atoms with E-state index in [1.54, 1.807) is 0 Å². The zero-order valence-electron chi connectivity index (χ0n) is 13.6. The molecule has 0 aromatic heterocycles. The van der Waals surface area contributed by atoms with E-state index < -0.39 is 0 Å². The van der Waals surface area contributed by atoms with Crippen molar-refractivity contribution in [2.45, 2.75) is 59.2 Å².